The van der Waals surface area contributed by atoms with Crippen LogP contribution in [0.1, 0.15) is 36.5 Å². The molecule has 2 aromatic heterocycles. The van der Waals surface area contributed by atoms with Crippen LogP contribution < -0.4 is 4.57 Å². The Hall–Kier alpha value is -3.12. The number of aryl methyl sites for hydroxylation is 3. The Morgan fingerprint density at radius 1 is 1.04 bits per heavy atom. The molecule has 0 aliphatic carbocycles. The second-order valence-electron chi connectivity index (χ2n) is 7.53. The largest absolute Gasteiger partial charge is 0.466 e. The molecule has 2 heterocycles. The minimum Gasteiger partial charge on any atom is -0.466 e. The number of nitrogens with zero attached hydrogens (tertiary/aromatic N) is 2. The number of furan rings is 1. The highest BCUT2D eigenvalue weighted by molar-refractivity contribution is 6.14. The van der Waals surface area contributed by atoms with Gasteiger partial charge in [0.05, 0.1) is 12.1 Å². The molecule has 0 saturated heterocycles. The summed E-state index contributed by atoms with van der Waals surface area (Å²) in [5.74, 6) is 0.351. The number of fused-ring (bicyclic) bond motifs is 3. The average Bonchev–Trinajstić information content (AvgIpc) is 3.01. The van der Waals surface area contributed by atoms with E-state index in [0.29, 0.717) is 17.2 Å². The smallest absolute Gasteiger partial charge is 0.232 e. The van der Waals surface area contributed by atoms with Gasteiger partial charge in [-0.25, -0.2) is 9.41 Å². The molecule has 0 amide bonds. The predicted octanol–water partition coefficient (Wildman–Crippen LogP) is 6.37. The Balaban J connectivity index is 2.24. The molecule has 2 aromatic carbocycles. The lowest BCUT2D eigenvalue weighted by Gasteiger charge is -2.10. The Morgan fingerprint density at radius 2 is 1.81 bits per heavy atom. The molecule has 0 unspecified atom stereocenters. The predicted molar refractivity (Wildman–Crippen MR) is 110 cm³/mol. The highest BCUT2D eigenvalue weighted by Gasteiger charge is 2.24. The molecular weight excluding hydrogens is 332 g/mol. The van der Waals surface area contributed by atoms with E-state index in [9.17, 15) is 0 Å². The molecule has 27 heavy (non-hydrogen) atoms. The molecule has 0 radical (unpaired) electrons. The summed E-state index contributed by atoms with van der Waals surface area (Å²) < 4.78 is 8.55. The van der Waals surface area contributed by atoms with Gasteiger partial charge >= 0.3 is 0 Å². The van der Waals surface area contributed by atoms with Crippen molar-refractivity contribution < 1.29 is 8.98 Å². The van der Waals surface area contributed by atoms with Crippen LogP contribution in [-0.2, 0) is 7.05 Å². The third kappa shape index (κ3) is 2.52. The van der Waals surface area contributed by atoms with Crippen LogP contribution in [0.4, 0.5) is 5.69 Å². The van der Waals surface area contributed by atoms with Gasteiger partial charge in [-0.05, 0) is 42.5 Å². The van der Waals surface area contributed by atoms with E-state index in [1.54, 1.807) is 0 Å². The van der Waals surface area contributed by atoms with Crippen LogP contribution in [0, 0.1) is 20.4 Å². The number of pyridine rings is 1. The van der Waals surface area contributed by atoms with Crippen molar-refractivity contribution in [3.05, 3.63) is 70.7 Å². The Bertz CT molecular complexity index is 1240. The van der Waals surface area contributed by atoms with Gasteiger partial charge in [-0.1, -0.05) is 32.0 Å². The van der Waals surface area contributed by atoms with Gasteiger partial charge in [0.15, 0.2) is 6.20 Å². The highest BCUT2D eigenvalue weighted by Crippen LogP contribution is 2.44. The van der Waals surface area contributed by atoms with Crippen molar-refractivity contribution in [1.29, 1.82) is 0 Å². The Kier molecular flexibility index (Phi) is 4.00. The van der Waals surface area contributed by atoms with Crippen molar-refractivity contribution in [3.8, 4) is 11.3 Å². The minimum absolute atomic E-state index is 0.351. The van der Waals surface area contributed by atoms with Gasteiger partial charge < -0.3 is 4.42 Å². The van der Waals surface area contributed by atoms with Gasteiger partial charge in [0.1, 0.15) is 18.2 Å². The van der Waals surface area contributed by atoms with E-state index in [1.807, 2.05) is 32.3 Å². The standard InChI is InChI=1S/C24H23N2O/c1-14(2)18-13-16(4)22(25-5)24-21(18)17-11-10-15(3)20(23(17)27-24)19-9-7-8-12-26(19)6/h7-14H,1-4,6H3/q+1. The average molecular weight is 355 g/mol. The van der Waals surface area contributed by atoms with Crippen molar-refractivity contribution >= 4 is 27.6 Å². The summed E-state index contributed by atoms with van der Waals surface area (Å²) in [6.45, 7) is 16.2. The molecular formula is C24H23N2O+. The normalized spacial score (nSPS) is 11.4. The fraction of sp³-hybridized carbons (Fsp3) is 0.250. The monoisotopic (exact) mass is 355 g/mol. The number of rotatable bonds is 2. The maximum absolute atomic E-state index is 7.67. The first-order valence-corrected chi connectivity index (χ1v) is 9.25. The number of hydrogen-bond acceptors (Lipinski definition) is 1. The van der Waals surface area contributed by atoms with E-state index in [4.69, 9.17) is 11.0 Å². The van der Waals surface area contributed by atoms with Crippen LogP contribution in [0.5, 0.6) is 0 Å². The Morgan fingerprint density at radius 3 is 2.48 bits per heavy atom. The van der Waals surface area contributed by atoms with Gasteiger partial charge in [-0.15, -0.1) is 0 Å². The van der Waals surface area contributed by atoms with Crippen molar-refractivity contribution in [2.24, 2.45) is 7.05 Å². The van der Waals surface area contributed by atoms with E-state index in [-0.39, 0.29) is 0 Å². The summed E-state index contributed by atoms with van der Waals surface area (Å²) in [6.07, 6.45) is 2.05. The fourth-order valence-corrected chi connectivity index (χ4v) is 3.96. The van der Waals surface area contributed by atoms with E-state index in [2.05, 4.69) is 54.4 Å². The van der Waals surface area contributed by atoms with Crippen LogP contribution in [0.2, 0.25) is 0 Å². The molecule has 4 aromatic rings. The van der Waals surface area contributed by atoms with E-state index in [0.717, 1.165) is 38.7 Å². The Labute approximate surface area is 159 Å². The van der Waals surface area contributed by atoms with Crippen LogP contribution in [0.25, 0.3) is 38.0 Å². The van der Waals surface area contributed by atoms with Gasteiger partial charge in [0, 0.05) is 22.9 Å². The number of hydrogen-bond donors (Lipinski definition) is 0. The lowest BCUT2D eigenvalue weighted by molar-refractivity contribution is -0.660. The molecule has 0 N–H and O–H groups in total. The zero-order chi connectivity index (χ0) is 19.3. The molecule has 3 nitrogen and oxygen atoms in total. The van der Waals surface area contributed by atoms with Crippen molar-refractivity contribution in [2.75, 3.05) is 0 Å². The van der Waals surface area contributed by atoms with Gasteiger partial charge in [-0.2, -0.15) is 0 Å². The summed E-state index contributed by atoms with van der Waals surface area (Å²) in [5, 5.41) is 2.17. The molecule has 0 spiro atoms. The molecule has 3 heteroatoms. The number of aromatic nitrogens is 1. The molecule has 0 aliphatic heterocycles. The summed E-state index contributed by atoms with van der Waals surface area (Å²) >= 11 is 0. The fourth-order valence-electron chi connectivity index (χ4n) is 3.96. The summed E-state index contributed by atoms with van der Waals surface area (Å²) in [6, 6.07) is 12.6. The van der Waals surface area contributed by atoms with Crippen molar-refractivity contribution in [1.82, 2.24) is 0 Å². The third-order valence-electron chi connectivity index (χ3n) is 5.36. The quantitative estimate of drug-likeness (QED) is 0.302. The maximum atomic E-state index is 7.67. The summed E-state index contributed by atoms with van der Waals surface area (Å²) in [5.41, 5.74) is 7.77. The van der Waals surface area contributed by atoms with Crippen molar-refractivity contribution in [2.45, 2.75) is 33.6 Å². The van der Waals surface area contributed by atoms with E-state index in [1.165, 1.54) is 5.56 Å². The maximum Gasteiger partial charge on any atom is 0.232 e. The molecule has 0 fully saturated rings. The molecule has 134 valence electrons. The third-order valence-corrected chi connectivity index (χ3v) is 5.36. The van der Waals surface area contributed by atoms with Gasteiger partial charge in [-0.3, -0.25) is 0 Å². The van der Waals surface area contributed by atoms with Crippen LogP contribution >= 0.6 is 0 Å². The molecule has 0 bridgehead atoms. The zero-order valence-corrected chi connectivity index (χ0v) is 16.4. The van der Waals surface area contributed by atoms with E-state index >= 15 is 0 Å². The first-order chi connectivity index (χ1) is 12.9. The molecule has 4 rings (SSSR count). The number of benzene rings is 2. The molecule has 0 aliphatic rings. The summed E-state index contributed by atoms with van der Waals surface area (Å²) in [7, 11) is 2.05. The second kappa shape index (κ2) is 6.25. The summed E-state index contributed by atoms with van der Waals surface area (Å²) in [4.78, 5) is 3.79. The van der Waals surface area contributed by atoms with Gasteiger partial charge in [0.2, 0.25) is 11.4 Å². The zero-order valence-electron chi connectivity index (χ0n) is 16.4. The SMILES string of the molecule is [C-]#[N+]c1c(C)cc(C(C)C)c2c1oc1c(-c3cccc[n+]3C)c(C)ccc12. The van der Waals surface area contributed by atoms with Crippen LogP contribution in [0.15, 0.2) is 47.0 Å². The first kappa shape index (κ1) is 17.3. The van der Waals surface area contributed by atoms with E-state index < -0.39 is 0 Å². The van der Waals surface area contributed by atoms with Crippen LogP contribution in [0.3, 0.4) is 0 Å². The second-order valence-corrected chi connectivity index (χ2v) is 7.53. The lowest BCUT2D eigenvalue weighted by Crippen LogP contribution is -2.30. The van der Waals surface area contributed by atoms with Crippen LogP contribution in [-0.4, -0.2) is 0 Å². The topological polar surface area (TPSA) is 21.4 Å². The highest BCUT2D eigenvalue weighted by atomic mass is 16.3. The van der Waals surface area contributed by atoms with Gasteiger partial charge in [0.25, 0.3) is 0 Å². The lowest BCUT2D eigenvalue weighted by atomic mass is 9.93. The first-order valence-electron chi connectivity index (χ1n) is 9.25. The molecule has 0 saturated carbocycles. The minimum atomic E-state index is 0.351. The van der Waals surface area contributed by atoms with Crippen molar-refractivity contribution in [3.63, 3.8) is 0 Å². The molecule has 0 atom stereocenters.